The number of hydrogen-bond donors (Lipinski definition) is 1. The molecule has 1 aromatic rings. The van der Waals surface area contributed by atoms with Crippen LogP contribution in [0.15, 0.2) is 21.2 Å². The molecule has 1 unspecified atom stereocenters. The van der Waals surface area contributed by atoms with E-state index in [-0.39, 0.29) is 6.04 Å². The van der Waals surface area contributed by atoms with Gasteiger partial charge in [0.15, 0.2) is 4.67 Å². The van der Waals surface area contributed by atoms with Crippen LogP contribution in [-0.4, -0.2) is 19.8 Å². The minimum absolute atomic E-state index is 0.151. The first-order chi connectivity index (χ1) is 7.77. The highest BCUT2D eigenvalue weighted by Crippen LogP contribution is 2.20. The fourth-order valence-corrected chi connectivity index (χ4v) is 1.74. The van der Waals surface area contributed by atoms with Crippen LogP contribution >= 0.6 is 15.9 Å². The molecule has 0 fully saturated rings. The molecule has 1 aromatic heterocycles. The van der Waals surface area contributed by atoms with Crippen molar-refractivity contribution in [2.45, 2.75) is 32.7 Å². The molecule has 0 radical (unpaired) electrons. The van der Waals surface area contributed by atoms with Crippen LogP contribution in [0, 0.1) is 0 Å². The highest BCUT2D eigenvalue weighted by molar-refractivity contribution is 9.10. The summed E-state index contributed by atoms with van der Waals surface area (Å²) in [6, 6.07) is 4.04. The number of halogens is 1. The third kappa shape index (κ3) is 4.68. The summed E-state index contributed by atoms with van der Waals surface area (Å²) in [4.78, 5) is 0. The van der Waals surface area contributed by atoms with Crippen LogP contribution in [-0.2, 0) is 4.74 Å². The van der Waals surface area contributed by atoms with Gasteiger partial charge in [-0.05, 0) is 47.4 Å². The van der Waals surface area contributed by atoms with E-state index in [0.717, 1.165) is 36.4 Å². The molecule has 3 nitrogen and oxygen atoms in total. The Hall–Kier alpha value is -0.320. The summed E-state index contributed by atoms with van der Waals surface area (Å²) < 4.78 is 11.9. The molecule has 0 saturated carbocycles. The summed E-state index contributed by atoms with van der Waals surface area (Å²) in [7, 11) is 0. The molecular weight excluding hydrogens is 270 g/mol. The van der Waals surface area contributed by atoms with Gasteiger partial charge in [-0.1, -0.05) is 13.8 Å². The van der Waals surface area contributed by atoms with Gasteiger partial charge < -0.3 is 14.5 Å². The Kier molecular flexibility index (Phi) is 6.76. The van der Waals surface area contributed by atoms with Crippen LogP contribution in [0.3, 0.4) is 0 Å². The second kappa shape index (κ2) is 7.87. The Morgan fingerprint density at radius 1 is 1.38 bits per heavy atom. The Morgan fingerprint density at radius 3 is 2.75 bits per heavy atom. The molecule has 1 atom stereocenters. The second-order valence-electron chi connectivity index (χ2n) is 3.72. The number of ether oxygens (including phenoxy) is 1. The van der Waals surface area contributed by atoms with Crippen LogP contribution in [0.25, 0.3) is 0 Å². The summed E-state index contributed by atoms with van der Waals surface area (Å²) in [6.07, 6.45) is 2.15. The number of rotatable bonds is 8. The lowest BCUT2D eigenvalue weighted by atomic mass is 10.2. The van der Waals surface area contributed by atoms with E-state index in [1.165, 1.54) is 0 Å². The van der Waals surface area contributed by atoms with Crippen LogP contribution in [0.4, 0.5) is 0 Å². The van der Waals surface area contributed by atoms with Crippen molar-refractivity contribution in [3.63, 3.8) is 0 Å². The van der Waals surface area contributed by atoms with Crippen LogP contribution < -0.4 is 5.32 Å². The van der Waals surface area contributed by atoms with Gasteiger partial charge in [0.25, 0.3) is 0 Å². The molecule has 0 aliphatic heterocycles. The zero-order valence-electron chi connectivity index (χ0n) is 9.96. The quantitative estimate of drug-likeness (QED) is 0.744. The third-order valence-corrected chi connectivity index (χ3v) is 2.64. The van der Waals surface area contributed by atoms with E-state index in [2.05, 4.69) is 35.1 Å². The van der Waals surface area contributed by atoms with Crippen molar-refractivity contribution in [2.75, 3.05) is 19.8 Å². The van der Waals surface area contributed by atoms with E-state index in [9.17, 15) is 0 Å². The third-order valence-electron chi connectivity index (χ3n) is 2.21. The Labute approximate surface area is 106 Å². The van der Waals surface area contributed by atoms with E-state index in [4.69, 9.17) is 9.15 Å². The zero-order valence-corrected chi connectivity index (χ0v) is 11.5. The predicted molar refractivity (Wildman–Crippen MR) is 68.6 cm³/mol. The summed E-state index contributed by atoms with van der Waals surface area (Å²) in [5.74, 6) is 0.927. The first kappa shape index (κ1) is 13.7. The smallest absolute Gasteiger partial charge is 0.169 e. The molecule has 0 aliphatic carbocycles. The second-order valence-corrected chi connectivity index (χ2v) is 4.51. The van der Waals surface area contributed by atoms with Crippen molar-refractivity contribution in [3.8, 4) is 0 Å². The molecule has 0 amide bonds. The Balaban J connectivity index is 2.49. The lowest BCUT2D eigenvalue weighted by Crippen LogP contribution is -2.26. The maximum absolute atomic E-state index is 5.57. The van der Waals surface area contributed by atoms with Crippen molar-refractivity contribution in [1.29, 1.82) is 0 Å². The highest BCUT2D eigenvalue weighted by Gasteiger charge is 2.14. The van der Waals surface area contributed by atoms with E-state index < -0.39 is 0 Å². The average Bonchev–Trinajstić information content (AvgIpc) is 2.70. The maximum Gasteiger partial charge on any atom is 0.169 e. The molecule has 1 rings (SSSR count). The number of hydrogen-bond acceptors (Lipinski definition) is 3. The standard InChI is InChI=1S/C12H20BrNO2/c1-3-7-14-10(9-15-8-4-2)11-5-6-12(13)16-11/h5-6,10,14H,3-4,7-9H2,1-2H3. The van der Waals surface area contributed by atoms with E-state index in [1.54, 1.807) is 0 Å². The van der Waals surface area contributed by atoms with Crippen LogP contribution in [0.1, 0.15) is 38.5 Å². The maximum atomic E-state index is 5.57. The van der Waals surface area contributed by atoms with Gasteiger partial charge in [0.1, 0.15) is 5.76 Å². The van der Waals surface area contributed by atoms with Gasteiger partial charge in [-0.3, -0.25) is 0 Å². The highest BCUT2D eigenvalue weighted by atomic mass is 79.9. The Bertz CT molecular complexity index is 288. The molecule has 0 spiro atoms. The van der Waals surface area contributed by atoms with Crippen molar-refractivity contribution >= 4 is 15.9 Å². The topological polar surface area (TPSA) is 34.4 Å². The SMILES string of the molecule is CCCNC(COCCC)c1ccc(Br)o1. The lowest BCUT2D eigenvalue weighted by molar-refractivity contribution is 0.105. The van der Waals surface area contributed by atoms with Gasteiger partial charge >= 0.3 is 0 Å². The normalized spacial score (nSPS) is 12.9. The van der Waals surface area contributed by atoms with E-state index in [1.807, 2.05) is 12.1 Å². The van der Waals surface area contributed by atoms with Gasteiger partial charge in [-0.15, -0.1) is 0 Å². The largest absolute Gasteiger partial charge is 0.453 e. The van der Waals surface area contributed by atoms with Gasteiger partial charge in [-0.25, -0.2) is 0 Å². The van der Waals surface area contributed by atoms with Gasteiger partial charge in [0.05, 0.1) is 12.6 Å². The molecule has 0 saturated heterocycles. The molecule has 0 aliphatic rings. The number of nitrogens with one attached hydrogen (secondary N) is 1. The van der Waals surface area contributed by atoms with Crippen molar-refractivity contribution < 1.29 is 9.15 Å². The monoisotopic (exact) mass is 289 g/mol. The Morgan fingerprint density at radius 2 is 2.19 bits per heavy atom. The predicted octanol–water partition coefficient (Wildman–Crippen LogP) is 3.51. The summed E-state index contributed by atoms with van der Waals surface area (Å²) in [5.41, 5.74) is 0. The fraction of sp³-hybridized carbons (Fsp3) is 0.667. The zero-order chi connectivity index (χ0) is 11.8. The molecule has 16 heavy (non-hydrogen) atoms. The number of furan rings is 1. The van der Waals surface area contributed by atoms with Crippen molar-refractivity contribution in [3.05, 3.63) is 22.6 Å². The summed E-state index contributed by atoms with van der Waals surface area (Å²) >= 11 is 3.32. The molecule has 0 bridgehead atoms. The molecule has 92 valence electrons. The van der Waals surface area contributed by atoms with E-state index >= 15 is 0 Å². The first-order valence-corrected chi connectivity index (χ1v) is 6.63. The molecule has 1 heterocycles. The van der Waals surface area contributed by atoms with Crippen LogP contribution in [0.2, 0.25) is 0 Å². The first-order valence-electron chi connectivity index (χ1n) is 5.84. The van der Waals surface area contributed by atoms with Gasteiger partial charge in [0.2, 0.25) is 0 Å². The minimum Gasteiger partial charge on any atom is -0.453 e. The van der Waals surface area contributed by atoms with E-state index in [0.29, 0.717) is 6.61 Å². The lowest BCUT2D eigenvalue weighted by Gasteiger charge is -2.16. The molecule has 1 N–H and O–H groups in total. The molecular formula is C12H20BrNO2. The van der Waals surface area contributed by atoms with Gasteiger partial charge in [0, 0.05) is 6.61 Å². The minimum atomic E-state index is 0.151. The molecule has 4 heteroatoms. The van der Waals surface area contributed by atoms with Gasteiger partial charge in [-0.2, -0.15) is 0 Å². The fourth-order valence-electron chi connectivity index (χ4n) is 1.42. The van der Waals surface area contributed by atoms with Crippen molar-refractivity contribution in [2.24, 2.45) is 0 Å². The summed E-state index contributed by atoms with van der Waals surface area (Å²) in [5, 5.41) is 3.42. The summed E-state index contributed by atoms with van der Waals surface area (Å²) in [6.45, 7) is 6.69. The van der Waals surface area contributed by atoms with Crippen molar-refractivity contribution in [1.82, 2.24) is 5.32 Å². The van der Waals surface area contributed by atoms with Crippen LogP contribution in [0.5, 0.6) is 0 Å². The average molecular weight is 290 g/mol. The molecule has 0 aromatic carbocycles.